The largest absolute Gasteiger partial charge is 0.493 e. The van der Waals surface area contributed by atoms with Gasteiger partial charge in [-0.05, 0) is 35.4 Å². The van der Waals surface area contributed by atoms with Crippen LogP contribution in [0.5, 0.6) is 5.75 Å². The average molecular weight is 234 g/mol. The van der Waals surface area contributed by atoms with E-state index < -0.39 is 0 Å². The molecule has 0 N–H and O–H groups in total. The summed E-state index contributed by atoms with van der Waals surface area (Å²) < 4.78 is 5.87. The minimum absolute atomic E-state index is 0.519. The molecule has 0 aliphatic carbocycles. The minimum Gasteiger partial charge on any atom is -0.493 e. The standard InChI is InChI=1S/C16H26O/c1-6-7-10-17-16-9-8-14(12(2)3)11-15(16)13(4)5/h8-9,11-13H,6-7,10H2,1-5H3. The number of rotatable bonds is 6. The summed E-state index contributed by atoms with van der Waals surface area (Å²) in [5.41, 5.74) is 2.74. The van der Waals surface area contributed by atoms with Crippen LogP contribution in [0.3, 0.4) is 0 Å². The first-order chi connectivity index (χ1) is 8.06. The van der Waals surface area contributed by atoms with Crippen molar-refractivity contribution in [1.29, 1.82) is 0 Å². The Bertz CT molecular complexity index is 339. The van der Waals surface area contributed by atoms with Crippen LogP contribution in [-0.2, 0) is 0 Å². The second kappa shape index (κ2) is 6.68. The van der Waals surface area contributed by atoms with E-state index >= 15 is 0 Å². The van der Waals surface area contributed by atoms with Crippen LogP contribution in [0.4, 0.5) is 0 Å². The summed E-state index contributed by atoms with van der Waals surface area (Å²) in [5.74, 6) is 2.17. The third-order valence-electron chi connectivity index (χ3n) is 3.08. The van der Waals surface area contributed by atoms with Gasteiger partial charge in [-0.25, -0.2) is 0 Å². The van der Waals surface area contributed by atoms with E-state index in [2.05, 4.69) is 52.8 Å². The predicted molar refractivity (Wildman–Crippen MR) is 75.0 cm³/mol. The number of hydrogen-bond acceptors (Lipinski definition) is 1. The lowest BCUT2D eigenvalue weighted by Gasteiger charge is -2.16. The van der Waals surface area contributed by atoms with Gasteiger partial charge in [0.25, 0.3) is 0 Å². The van der Waals surface area contributed by atoms with Crippen LogP contribution in [-0.4, -0.2) is 6.61 Å². The highest BCUT2D eigenvalue weighted by Crippen LogP contribution is 2.30. The normalized spacial score (nSPS) is 11.2. The highest BCUT2D eigenvalue weighted by atomic mass is 16.5. The first kappa shape index (κ1) is 14.1. The van der Waals surface area contributed by atoms with Crippen LogP contribution < -0.4 is 4.74 Å². The molecular formula is C16H26O. The number of unbranched alkanes of at least 4 members (excludes halogenated alkanes) is 1. The molecule has 1 rings (SSSR count). The van der Waals surface area contributed by atoms with Gasteiger partial charge in [0.1, 0.15) is 5.75 Å². The quantitative estimate of drug-likeness (QED) is 0.621. The molecular weight excluding hydrogens is 208 g/mol. The van der Waals surface area contributed by atoms with E-state index in [9.17, 15) is 0 Å². The number of ether oxygens (including phenoxy) is 1. The molecule has 0 saturated heterocycles. The van der Waals surface area contributed by atoms with Crippen molar-refractivity contribution in [3.8, 4) is 5.75 Å². The SMILES string of the molecule is CCCCOc1ccc(C(C)C)cc1C(C)C. The summed E-state index contributed by atoms with van der Waals surface area (Å²) in [5, 5.41) is 0. The van der Waals surface area contributed by atoms with Gasteiger partial charge in [0.15, 0.2) is 0 Å². The zero-order chi connectivity index (χ0) is 12.8. The van der Waals surface area contributed by atoms with Crippen LogP contribution in [0.1, 0.15) is 70.4 Å². The zero-order valence-electron chi connectivity index (χ0n) is 11.9. The summed E-state index contributed by atoms with van der Waals surface area (Å²) in [7, 11) is 0. The van der Waals surface area contributed by atoms with E-state index in [4.69, 9.17) is 4.74 Å². The molecule has 0 aliphatic rings. The fraction of sp³-hybridized carbons (Fsp3) is 0.625. The van der Waals surface area contributed by atoms with Crippen molar-refractivity contribution < 1.29 is 4.74 Å². The molecule has 0 bridgehead atoms. The fourth-order valence-electron chi connectivity index (χ4n) is 1.84. The van der Waals surface area contributed by atoms with Gasteiger partial charge in [-0.1, -0.05) is 53.2 Å². The van der Waals surface area contributed by atoms with Crippen LogP contribution >= 0.6 is 0 Å². The van der Waals surface area contributed by atoms with Gasteiger partial charge in [-0.2, -0.15) is 0 Å². The molecule has 0 amide bonds. The lowest BCUT2D eigenvalue weighted by atomic mass is 9.95. The van der Waals surface area contributed by atoms with E-state index in [0.29, 0.717) is 11.8 Å². The second-order valence-electron chi connectivity index (χ2n) is 5.31. The highest BCUT2D eigenvalue weighted by molar-refractivity contribution is 5.40. The number of benzene rings is 1. The third-order valence-corrected chi connectivity index (χ3v) is 3.08. The van der Waals surface area contributed by atoms with E-state index in [0.717, 1.165) is 18.8 Å². The number of hydrogen-bond donors (Lipinski definition) is 0. The molecule has 1 aromatic carbocycles. The van der Waals surface area contributed by atoms with Crippen LogP contribution in [0, 0.1) is 0 Å². The van der Waals surface area contributed by atoms with Crippen molar-refractivity contribution in [2.45, 2.75) is 59.3 Å². The van der Waals surface area contributed by atoms with Crippen molar-refractivity contribution in [2.75, 3.05) is 6.61 Å². The summed E-state index contributed by atoms with van der Waals surface area (Å²) in [6, 6.07) is 6.63. The second-order valence-corrected chi connectivity index (χ2v) is 5.31. The predicted octanol–water partition coefficient (Wildman–Crippen LogP) is 5.11. The van der Waals surface area contributed by atoms with Gasteiger partial charge in [0.05, 0.1) is 6.61 Å². The molecule has 0 aromatic heterocycles. The zero-order valence-corrected chi connectivity index (χ0v) is 11.9. The molecule has 0 atom stereocenters. The lowest BCUT2D eigenvalue weighted by molar-refractivity contribution is 0.305. The maximum atomic E-state index is 5.87. The Balaban J connectivity index is 2.88. The molecule has 0 spiro atoms. The van der Waals surface area contributed by atoms with E-state index in [1.54, 1.807) is 0 Å². The summed E-state index contributed by atoms with van der Waals surface area (Å²) >= 11 is 0. The molecule has 0 unspecified atom stereocenters. The first-order valence-electron chi connectivity index (χ1n) is 6.82. The van der Waals surface area contributed by atoms with Crippen molar-refractivity contribution in [2.24, 2.45) is 0 Å². The molecule has 0 saturated carbocycles. The molecule has 1 heteroatoms. The van der Waals surface area contributed by atoms with Crippen molar-refractivity contribution in [3.05, 3.63) is 29.3 Å². The minimum atomic E-state index is 0.519. The van der Waals surface area contributed by atoms with Gasteiger partial charge in [0.2, 0.25) is 0 Å². The van der Waals surface area contributed by atoms with Crippen molar-refractivity contribution in [3.63, 3.8) is 0 Å². The summed E-state index contributed by atoms with van der Waals surface area (Å²) in [6.07, 6.45) is 2.31. The smallest absolute Gasteiger partial charge is 0.122 e. The molecule has 17 heavy (non-hydrogen) atoms. The maximum absolute atomic E-state index is 5.87. The molecule has 0 radical (unpaired) electrons. The van der Waals surface area contributed by atoms with Gasteiger partial charge in [0, 0.05) is 0 Å². The van der Waals surface area contributed by atoms with Crippen LogP contribution in [0.2, 0.25) is 0 Å². The third kappa shape index (κ3) is 4.07. The summed E-state index contributed by atoms with van der Waals surface area (Å²) in [4.78, 5) is 0. The molecule has 0 aliphatic heterocycles. The highest BCUT2D eigenvalue weighted by Gasteiger charge is 2.10. The maximum Gasteiger partial charge on any atom is 0.122 e. The van der Waals surface area contributed by atoms with E-state index in [-0.39, 0.29) is 0 Å². The van der Waals surface area contributed by atoms with Crippen LogP contribution in [0.25, 0.3) is 0 Å². The molecule has 96 valence electrons. The Hall–Kier alpha value is -0.980. The Morgan fingerprint density at radius 2 is 1.76 bits per heavy atom. The summed E-state index contributed by atoms with van der Waals surface area (Å²) in [6.45, 7) is 11.9. The van der Waals surface area contributed by atoms with E-state index in [1.807, 2.05) is 0 Å². The molecule has 0 fully saturated rings. The van der Waals surface area contributed by atoms with E-state index in [1.165, 1.54) is 17.5 Å². The first-order valence-corrected chi connectivity index (χ1v) is 6.82. The van der Waals surface area contributed by atoms with Crippen molar-refractivity contribution >= 4 is 0 Å². The van der Waals surface area contributed by atoms with Gasteiger partial charge in [-0.3, -0.25) is 0 Å². The fourth-order valence-corrected chi connectivity index (χ4v) is 1.84. The van der Waals surface area contributed by atoms with Gasteiger partial charge >= 0.3 is 0 Å². The molecule has 1 nitrogen and oxygen atoms in total. The topological polar surface area (TPSA) is 9.23 Å². The Morgan fingerprint density at radius 3 is 2.29 bits per heavy atom. The van der Waals surface area contributed by atoms with Crippen molar-refractivity contribution in [1.82, 2.24) is 0 Å². The molecule has 1 aromatic rings. The lowest BCUT2D eigenvalue weighted by Crippen LogP contribution is -2.02. The Labute approximate surface area is 106 Å². The van der Waals surface area contributed by atoms with Gasteiger partial charge in [-0.15, -0.1) is 0 Å². The monoisotopic (exact) mass is 234 g/mol. The van der Waals surface area contributed by atoms with Gasteiger partial charge < -0.3 is 4.74 Å². The Morgan fingerprint density at radius 1 is 1.06 bits per heavy atom. The average Bonchev–Trinajstić information content (AvgIpc) is 2.29. The Kier molecular flexibility index (Phi) is 5.54. The molecule has 0 heterocycles. The van der Waals surface area contributed by atoms with Crippen LogP contribution in [0.15, 0.2) is 18.2 Å².